The summed E-state index contributed by atoms with van der Waals surface area (Å²) in [4.78, 5) is 29.8. The van der Waals surface area contributed by atoms with Crippen molar-refractivity contribution in [2.45, 2.75) is 12.8 Å². The average Bonchev–Trinajstić information content (AvgIpc) is 2.91. The second-order valence-corrected chi connectivity index (χ2v) is 7.09. The van der Waals surface area contributed by atoms with E-state index in [-0.39, 0.29) is 11.3 Å². The molecule has 7 heteroatoms. The molecule has 2 saturated heterocycles. The lowest BCUT2D eigenvalue weighted by Crippen LogP contribution is -2.52. The fourth-order valence-electron chi connectivity index (χ4n) is 3.92. The molecule has 2 aliphatic rings. The van der Waals surface area contributed by atoms with Gasteiger partial charge >= 0.3 is 0 Å². The molecule has 0 aromatic carbocycles. The van der Waals surface area contributed by atoms with Gasteiger partial charge in [0.15, 0.2) is 0 Å². The Kier molecular flexibility index (Phi) is 4.79. The van der Waals surface area contributed by atoms with Crippen LogP contribution in [0.3, 0.4) is 0 Å². The number of anilines is 1. The van der Waals surface area contributed by atoms with E-state index in [9.17, 15) is 4.79 Å². The molecule has 136 valence electrons. The van der Waals surface area contributed by atoms with Crippen molar-refractivity contribution in [3.05, 3.63) is 48.5 Å². The summed E-state index contributed by atoms with van der Waals surface area (Å²) >= 11 is 0. The minimum atomic E-state index is -0.0867. The van der Waals surface area contributed by atoms with Gasteiger partial charge in [0, 0.05) is 61.9 Å². The zero-order chi connectivity index (χ0) is 17.8. The lowest BCUT2D eigenvalue weighted by molar-refractivity contribution is 0.0135. The number of hydrogen-bond donors (Lipinski definition) is 0. The molecular weight excluding hydrogens is 330 g/mol. The minimum absolute atomic E-state index is 0.0678. The number of carbonyl (C=O) groups excluding carboxylic acids is 1. The molecule has 0 aliphatic carbocycles. The number of aromatic nitrogens is 3. The number of amides is 1. The van der Waals surface area contributed by atoms with Crippen molar-refractivity contribution >= 4 is 11.9 Å². The lowest BCUT2D eigenvalue weighted by Gasteiger charge is -2.43. The smallest absolute Gasteiger partial charge is 0.253 e. The Hall–Kier alpha value is -2.54. The fourth-order valence-corrected chi connectivity index (χ4v) is 3.92. The molecule has 0 saturated carbocycles. The van der Waals surface area contributed by atoms with Gasteiger partial charge in [0.25, 0.3) is 5.91 Å². The second-order valence-electron chi connectivity index (χ2n) is 7.09. The molecule has 0 bridgehead atoms. The van der Waals surface area contributed by atoms with Gasteiger partial charge in [-0.3, -0.25) is 9.78 Å². The average molecular weight is 353 g/mol. The molecule has 2 aromatic rings. The topological polar surface area (TPSA) is 71.5 Å². The predicted octanol–water partition coefficient (Wildman–Crippen LogP) is 1.63. The minimum Gasteiger partial charge on any atom is -0.379 e. The largest absolute Gasteiger partial charge is 0.379 e. The van der Waals surface area contributed by atoms with Crippen LogP contribution in [0.2, 0.25) is 0 Å². The molecule has 0 unspecified atom stereocenters. The first-order valence-corrected chi connectivity index (χ1v) is 9.05. The van der Waals surface area contributed by atoms with Crippen LogP contribution in [0.15, 0.2) is 43.0 Å². The molecule has 2 aromatic heterocycles. The van der Waals surface area contributed by atoms with E-state index in [1.165, 1.54) is 0 Å². The zero-order valence-corrected chi connectivity index (χ0v) is 14.8. The van der Waals surface area contributed by atoms with Crippen LogP contribution in [-0.2, 0) is 4.74 Å². The third-order valence-electron chi connectivity index (χ3n) is 5.15. The SMILES string of the molecule is O=C(c1ccncc1)N1CCC[C@]2(COCCN(c3ncccn3)C2)C1. The van der Waals surface area contributed by atoms with Gasteiger partial charge in [0.05, 0.1) is 13.2 Å². The van der Waals surface area contributed by atoms with Crippen LogP contribution >= 0.6 is 0 Å². The van der Waals surface area contributed by atoms with Crippen LogP contribution in [0.1, 0.15) is 23.2 Å². The number of hydrogen-bond acceptors (Lipinski definition) is 6. The Bertz CT molecular complexity index is 742. The van der Waals surface area contributed by atoms with E-state index in [1.54, 1.807) is 36.9 Å². The van der Waals surface area contributed by atoms with E-state index in [4.69, 9.17) is 4.74 Å². The molecule has 26 heavy (non-hydrogen) atoms. The first-order chi connectivity index (χ1) is 12.8. The normalized spacial score (nSPS) is 23.7. The van der Waals surface area contributed by atoms with Crippen LogP contribution in [0.5, 0.6) is 0 Å². The summed E-state index contributed by atoms with van der Waals surface area (Å²) in [5.41, 5.74) is 0.603. The van der Waals surface area contributed by atoms with E-state index in [0.717, 1.165) is 38.4 Å². The molecule has 4 heterocycles. The molecule has 4 rings (SSSR count). The highest BCUT2D eigenvalue weighted by Crippen LogP contribution is 2.34. The van der Waals surface area contributed by atoms with E-state index >= 15 is 0 Å². The van der Waals surface area contributed by atoms with Crippen molar-refractivity contribution in [1.82, 2.24) is 19.9 Å². The lowest BCUT2D eigenvalue weighted by atomic mass is 9.80. The Morgan fingerprint density at radius 3 is 2.69 bits per heavy atom. The first-order valence-electron chi connectivity index (χ1n) is 9.05. The number of piperidine rings is 1. The van der Waals surface area contributed by atoms with Crippen LogP contribution in [-0.4, -0.2) is 65.2 Å². The van der Waals surface area contributed by atoms with E-state index in [1.807, 2.05) is 11.0 Å². The molecule has 2 aliphatic heterocycles. The maximum absolute atomic E-state index is 12.9. The number of pyridine rings is 1. The summed E-state index contributed by atoms with van der Waals surface area (Å²) in [6, 6.07) is 5.37. The Morgan fingerprint density at radius 2 is 1.88 bits per heavy atom. The summed E-state index contributed by atoms with van der Waals surface area (Å²) in [6.45, 7) is 4.36. The summed E-state index contributed by atoms with van der Waals surface area (Å²) < 4.78 is 5.93. The number of nitrogens with zero attached hydrogens (tertiary/aromatic N) is 5. The number of rotatable bonds is 2. The van der Waals surface area contributed by atoms with Crippen LogP contribution in [0.25, 0.3) is 0 Å². The maximum atomic E-state index is 12.9. The highest BCUT2D eigenvalue weighted by atomic mass is 16.5. The van der Waals surface area contributed by atoms with Gasteiger partial charge in [-0.15, -0.1) is 0 Å². The van der Waals surface area contributed by atoms with Crippen molar-refractivity contribution in [1.29, 1.82) is 0 Å². The van der Waals surface area contributed by atoms with Gasteiger partial charge in [-0.2, -0.15) is 0 Å². The molecule has 1 spiro atoms. The molecule has 1 atom stereocenters. The van der Waals surface area contributed by atoms with Gasteiger partial charge < -0.3 is 14.5 Å². The van der Waals surface area contributed by atoms with Crippen LogP contribution in [0, 0.1) is 5.41 Å². The van der Waals surface area contributed by atoms with E-state index in [2.05, 4.69) is 19.9 Å². The van der Waals surface area contributed by atoms with Gasteiger partial charge in [-0.05, 0) is 31.0 Å². The Labute approximate surface area is 153 Å². The second kappa shape index (κ2) is 7.37. The molecule has 0 radical (unpaired) electrons. The van der Waals surface area contributed by atoms with Crippen LogP contribution in [0.4, 0.5) is 5.95 Å². The van der Waals surface area contributed by atoms with Crippen molar-refractivity contribution < 1.29 is 9.53 Å². The Morgan fingerprint density at radius 1 is 1.08 bits per heavy atom. The highest BCUT2D eigenvalue weighted by molar-refractivity contribution is 5.94. The van der Waals surface area contributed by atoms with Crippen molar-refractivity contribution in [2.24, 2.45) is 5.41 Å². The highest BCUT2D eigenvalue weighted by Gasteiger charge is 2.41. The van der Waals surface area contributed by atoms with Crippen LogP contribution < -0.4 is 4.90 Å². The summed E-state index contributed by atoms with van der Waals surface area (Å²) in [5, 5.41) is 0. The van der Waals surface area contributed by atoms with Gasteiger partial charge in [-0.1, -0.05) is 0 Å². The summed E-state index contributed by atoms with van der Waals surface area (Å²) in [5.74, 6) is 0.799. The van der Waals surface area contributed by atoms with Gasteiger partial charge in [-0.25, -0.2) is 9.97 Å². The third-order valence-corrected chi connectivity index (χ3v) is 5.15. The van der Waals surface area contributed by atoms with E-state index < -0.39 is 0 Å². The van der Waals surface area contributed by atoms with Crippen molar-refractivity contribution in [3.63, 3.8) is 0 Å². The molecule has 0 N–H and O–H groups in total. The first kappa shape index (κ1) is 16.9. The molecule has 1 amide bonds. The number of carbonyl (C=O) groups is 1. The van der Waals surface area contributed by atoms with E-state index in [0.29, 0.717) is 25.3 Å². The summed E-state index contributed by atoms with van der Waals surface area (Å²) in [7, 11) is 0. The standard InChI is InChI=1S/C19H23N5O2/c25-17(16-3-8-20-9-4-16)23-10-1-5-19(13-23)14-24(11-12-26-15-19)18-21-6-2-7-22-18/h2-4,6-9H,1,5,10-15H2/t19-/m0/s1. The van der Waals surface area contributed by atoms with Gasteiger partial charge in [0.1, 0.15) is 0 Å². The molecule has 2 fully saturated rings. The number of ether oxygens (including phenoxy) is 1. The fraction of sp³-hybridized carbons (Fsp3) is 0.474. The van der Waals surface area contributed by atoms with Gasteiger partial charge in [0.2, 0.25) is 5.95 Å². The van der Waals surface area contributed by atoms with Crippen molar-refractivity contribution in [2.75, 3.05) is 44.3 Å². The molecular formula is C19H23N5O2. The number of likely N-dealkylation sites (tertiary alicyclic amines) is 1. The third kappa shape index (κ3) is 3.53. The van der Waals surface area contributed by atoms with Crippen molar-refractivity contribution in [3.8, 4) is 0 Å². The quantitative estimate of drug-likeness (QED) is 0.817. The summed E-state index contributed by atoms with van der Waals surface area (Å²) in [6.07, 6.45) is 8.87. The maximum Gasteiger partial charge on any atom is 0.253 e. The monoisotopic (exact) mass is 353 g/mol. The Balaban J connectivity index is 1.53. The molecule has 7 nitrogen and oxygen atoms in total. The zero-order valence-electron chi connectivity index (χ0n) is 14.8. The predicted molar refractivity (Wildman–Crippen MR) is 96.9 cm³/mol.